The van der Waals surface area contributed by atoms with E-state index in [9.17, 15) is 4.39 Å². The maximum Gasteiger partial charge on any atom is 0.123 e. The Balaban J connectivity index is 2.05. The van der Waals surface area contributed by atoms with Crippen molar-refractivity contribution in [2.45, 2.75) is 19.9 Å². The Morgan fingerprint density at radius 1 is 1.20 bits per heavy atom. The fraction of sp³-hybridized carbons (Fsp3) is 0.250. The molecule has 0 radical (unpaired) electrons. The minimum absolute atomic E-state index is 0.144. The van der Waals surface area contributed by atoms with Crippen LogP contribution >= 0.6 is 22.7 Å². The molecule has 1 atom stereocenters. The lowest BCUT2D eigenvalue weighted by Gasteiger charge is -2.19. The average molecular weight is 305 g/mol. The fourth-order valence-corrected chi connectivity index (χ4v) is 4.67. The van der Waals surface area contributed by atoms with Crippen LogP contribution in [0.4, 0.5) is 4.39 Å². The smallest absolute Gasteiger partial charge is 0.123 e. The molecule has 104 valence electrons. The molecule has 2 heterocycles. The van der Waals surface area contributed by atoms with E-state index in [-0.39, 0.29) is 11.9 Å². The monoisotopic (exact) mass is 305 g/mol. The number of hydrogen-bond acceptors (Lipinski definition) is 3. The van der Waals surface area contributed by atoms with E-state index >= 15 is 0 Å². The van der Waals surface area contributed by atoms with E-state index in [1.165, 1.54) is 14.3 Å². The van der Waals surface area contributed by atoms with Gasteiger partial charge in [-0.25, -0.2) is 4.39 Å². The van der Waals surface area contributed by atoms with Gasteiger partial charge in [-0.2, -0.15) is 0 Å². The molecule has 0 saturated heterocycles. The summed E-state index contributed by atoms with van der Waals surface area (Å²) >= 11 is 3.58. The molecule has 1 nitrogen and oxygen atoms in total. The first-order chi connectivity index (χ1) is 9.69. The standard InChI is InChI=1S/C16H16FNS2/c1-3-18-16(12-5-4-11(17)8-10(12)2)15-9-14-13(20-15)6-7-19-14/h4-9,16,18H,3H2,1-2H3. The average Bonchev–Trinajstić information content (AvgIpc) is 2.97. The summed E-state index contributed by atoms with van der Waals surface area (Å²) < 4.78 is 16.0. The van der Waals surface area contributed by atoms with Gasteiger partial charge < -0.3 is 5.32 Å². The number of benzene rings is 1. The second-order valence-electron chi connectivity index (χ2n) is 4.79. The lowest BCUT2D eigenvalue weighted by Crippen LogP contribution is -2.21. The van der Waals surface area contributed by atoms with Gasteiger partial charge >= 0.3 is 0 Å². The Hall–Kier alpha value is -1.23. The van der Waals surface area contributed by atoms with Crippen LogP contribution in [0.25, 0.3) is 9.40 Å². The Labute approximate surface area is 126 Å². The third-order valence-electron chi connectivity index (χ3n) is 3.39. The lowest BCUT2D eigenvalue weighted by atomic mass is 10.00. The van der Waals surface area contributed by atoms with Crippen molar-refractivity contribution in [3.8, 4) is 0 Å². The Kier molecular flexibility index (Phi) is 3.87. The van der Waals surface area contributed by atoms with Crippen LogP contribution in [0.3, 0.4) is 0 Å². The molecule has 1 N–H and O–H groups in total. The van der Waals surface area contributed by atoms with Crippen LogP contribution < -0.4 is 5.32 Å². The lowest BCUT2D eigenvalue weighted by molar-refractivity contribution is 0.614. The highest BCUT2D eigenvalue weighted by atomic mass is 32.1. The highest BCUT2D eigenvalue weighted by Gasteiger charge is 2.18. The molecule has 1 aromatic carbocycles. The molecule has 4 heteroatoms. The number of nitrogens with one attached hydrogen (secondary N) is 1. The SMILES string of the molecule is CCNC(c1cc2sccc2s1)c1ccc(F)cc1C. The number of aryl methyl sites for hydroxylation is 1. The molecule has 0 aliphatic rings. The Bertz CT molecular complexity index is 700. The van der Waals surface area contributed by atoms with Crippen LogP contribution in [0.1, 0.15) is 29.0 Å². The molecule has 3 aromatic rings. The molecule has 2 aromatic heterocycles. The minimum atomic E-state index is -0.173. The molecule has 0 spiro atoms. The summed E-state index contributed by atoms with van der Waals surface area (Å²) in [5.41, 5.74) is 2.15. The van der Waals surface area contributed by atoms with E-state index in [0.717, 1.165) is 17.7 Å². The van der Waals surface area contributed by atoms with Crippen LogP contribution in [0.5, 0.6) is 0 Å². The molecule has 20 heavy (non-hydrogen) atoms. The van der Waals surface area contributed by atoms with Crippen molar-refractivity contribution in [2.24, 2.45) is 0 Å². The molecule has 0 aliphatic heterocycles. The summed E-state index contributed by atoms with van der Waals surface area (Å²) in [6.45, 7) is 4.95. The van der Waals surface area contributed by atoms with E-state index in [1.807, 2.05) is 24.3 Å². The quantitative estimate of drug-likeness (QED) is 0.706. The summed E-state index contributed by atoms with van der Waals surface area (Å²) in [6.07, 6.45) is 0. The van der Waals surface area contributed by atoms with E-state index in [0.29, 0.717) is 0 Å². The molecule has 3 rings (SSSR count). The third kappa shape index (κ3) is 2.51. The second kappa shape index (κ2) is 5.64. The van der Waals surface area contributed by atoms with Gasteiger partial charge in [-0.15, -0.1) is 22.7 Å². The van der Waals surface area contributed by atoms with Gasteiger partial charge in [0.25, 0.3) is 0 Å². The van der Waals surface area contributed by atoms with Crippen molar-refractivity contribution >= 4 is 32.1 Å². The molecule has 0 aliphatic carbocycles. The molecule has 0 amide bonds. The van der Waals surface area contributed by atoms with Crippen molar-refractivity contribution in [2.75, 3.05) is 6.54 Å². The van der Waals surface area contributed by atoms with Gasteiger partial charge in [-0.1, -0.05) is 13.0 Å². The van der Waals surface area contributed by atoms with Crippen LogP contribution in [-0.2, 0) is 0 Å². The number of thiophene rings is 2. The molecule has 0 fully saturated rings. The van der Waals surface area contributed by atoms with Crippen molar-refractivity contribution in [3.63, 3.8) is 0 Å². The predicted molar refractivity (Wildman–Crippen MR) is 86.4 cm³/mol. The number of halogens is 1. The highest BCUT2D eigenvalue weighted by molar-refractivity contribution is 7.27. The van der Waals surface area contributed by atoms with Gasteiger partial charge in [-0.05, 0) is 54.2 Å². The summed E-state index contributed by atoms with van der Waals surface area (Å²) in [6, 6.07) is 9.60. The van der Waals surface area contributed by atoms with Crippen molar-refractivity contribution in [1.29, 1.82) is 0 Å². The van der Waals surface area contributed by atoms with Crippen LogP contribution in [0, 0.1) is 12.7 Å². The van der Waals surface area contributed by atoms with Gasteiger partial charge in [0, 0.05) is 14.3 Å². The molecular formula is C16H16FNS2. The maximum absolute atomic E-state index is 13.3. The summed E-state index contributed by atoms with van der Waals surface area (Å²) in [5.74, 6) is -0.173. The first kappa shape index (κ1) is 13.7. The van der Waals surface area contributed by atoms with E-state index in [1.54, 1.807) is 23.5 Å². The molecule has 1 unspecified atom stereocenters. The van der Waals surface area contributed by atoms with Crippen molar-refractivity contribution in [3.05, 3.63) is 57.5 Å². The van der Waals surface area contributed by atoms with Gasteiger partial charge in [-0.3, -0.25) is 0 Å². The normalized spacial score (nSPS) is 12.9. The summed E-state index contributed by atoms with van der Waals surface area (Å²) in [7, 11) is 0. The first-order valence-electron chi connectivity index (χ1n) is 6.65. The molecule has 0 bridgehead atoms. The number of hydrogen-bond donors (Lipinski definition) is 1. The van der Waals surface area contributed by atoms with E-state index in [4.69, 9.17) is 0 Å². The third-order valence-corrected chi connectivity index (χ3v) is 5.55. The molecular weight excluding hydrogens is 289 g/mol. The second-order valence-corrected chi connectivity index (χ2v) is 6.85. The number of rotatable bonds is 4. The summed E-state index contributed by atoms with van der Waals surface area (Å²) in [4.78, 5) is 1.29. The van der Waals surface area contributed by atoms with Gasteiger partial charge in [0.05, 0.1) is 6.04 Å². The predicted octanol–water partition coefficient (Wildman–Crippen LogP) is 5.11. The van der Waals surface area contributed by atoms with Gasteiger partial charge in [0.2, 0.25) is 0 Å². The Morgan fingerprint density at radius 3 is 2.75 bits per heavy atom. The zero-order chi connectivity index (χ0) is 14.1. The van der Waals surface area contributed by atoms with E-state index in [2.05, 4.69) is 29.8 Å². The number of fused-ring (bicyclic) bond motifs is 1. The van der Waals surface area contributed by atoms with Crippen LogP contribution in [-0.4, -0.2) is 6.54 Å². The first-order valence-corrected chi connectivity index (χ1v) is 8.35. The fourth-order valence-electron chi connectivity index (χ4n) is 2.46. The van der Waals surface area contributed by atoms with Crippen molar-refractivity contribution in [1.82, 2.24) is 5.32 Å². The zero-order valence-electron chi connectivity index (χ0n) is 11.4. The van der Waals surface area contributed by atoms with Gasteiger partial charge in [0.15, 0.2) is 0 Å². The Morgan fingerprint density at radius 2 is 2.05 bits per heavy atom. The maximum atomic E-state index is 13.3. The molecule has 0 saturated carbocycles. The van der Waals surface area contributed by atoms with Crippen LogP contribution in [0.2, 0.25) is 0 Å². The highest BCUT2D eigenvalue weighted by Crippen LogP contribution is 2.36. The van der Waals surface area contributed by atoms with Crippen LogP contribution in [0.15, 0.2) is 35.7 Å². The largest absolute Gasteiger partial charge is 0.306 e. The topological polar surface area (TPSA) is 12.0 Å². The minimum Gasteiger partial charge on any atom is -0.306 e. The summed E-state index contributed by atoms with van der Waals surface area (Å²) in [5, 5.41) is 5.64. The van der Waals surface area contributed by atoms with Gasteiger partial charge in [0.1, 0.15) is 5.82 Å². The van der Waals surface area contributed by atoms with Crippen molar-refractivity contribution < 1.29 is 4.39 Å². The zero-order valence-corrected chi connectivity index (χ0v) is 13.1. The van der Waals surface area contributed by atoms with E-state index < -0.39 is 0 Å².